The van der Waals surface area contributed by atoms with E-state index in [1.807, 2.05) is 0 Å². The van der Waals surface area contributed by atoms with Crippen molar-refractivity contribution in [1.29, 1.82) is 0 Å². The van der Waals surface area contributed by atoms with Gasteiger partial charge in [0.25, 0.3) is 0 Å². The summed E-state index contributed by atoms with van der Waals surface area (Å²) in [5.74, 6) is 0. The summed E-state index contributed by atoms with van der Waals surface area (Å²) in [5, 5.41) is 10.3. The van der Waals surface area contributed by atoms with Crippen LogP contribution in [0.5, 0.6) is 0 Å². The minimum absolute atomic E-state index is 0.202. The highest BCUT2D eigenvalue weighted by Gasteiger charge is 2.34. The van der Waals surface area contributed by atoms with E-state index in [9.17, 15) is 5.11 Å². The molecule has 18 heavy (non-hydrogen) atoms. The smallest absolute Gasteiger partial charge is 0.0812 e. The van der Waals surface area contributed by atoms with Crippen LogP contribution in [-0.4, -0.2) is 22.9 Å². The molecule has 0 bridgehead atoms. The highest BCUT2D eigenvalue weighted by Crippen LogP contribution is 2.42. The molecule has 1 aromatic rings. The number of nitrogens with zero attached hydrogens (tertiary/aromatic N) is 1. The zero-order valence-electron chi connectivity index (χ0n) is 11.4. The molecule has 0 amide bonds. The lowest BCUT2D eigenvalue weighted by Crippen LogP contribution is -2.29. The Hall–Kier alpha value is -0.800. The Labute approximate surface area is 109 Å². The third-order valence-electron chi connectivity index (χ3n) is 4.39. The van der Waals surface area contributed by atoms with Crippen LogP contribution in [0.25, 0.3) is 0 Å². The maximum Gasteiger partial charge on any atom is 0.0812 e. The molecule has 3 heteroatoms. The molecular weight excluding hydrogens is 226 g/mol. The number of aliphatic hydroxyl groups excluding tert-OH is 1. The average Bonchev–Trinajstić information content (AvgIpc) is 2.72. The van der Waals surface area contributed by atoms with E-state index in [2.05, 4.69) is 30.7 Å². The standard InChI is InChI=1S/C15H23NO2/c1-15(2)9-13-12(14(17)10-15)3-6-16(13)11-4-7-18-8-5-11/h3,6,11,14,17H,4-5,7-10H2,1-2H3. The van der Waals surface area contributed by atoms with Crippen LogP contribution >= 0.6 is 0 Å². The van der Waals surface area contributed by atoms with Gasteiger partial charge in [-0.05, 0) is 37.2 Å². The highest BCUT2D eigenvalue weighted by molar-refractivity contribution is 5.29. The van der Waals surface area contributed by atoms with Gasteiger partial charge in [0.05, 0.1) is 6.10 Å². The van der Waals surface area contributed by atoms with Gasteiger partial charge in [-0.2, -0.15) is 0 Å². The van der Waals surface area contributed by atoms with Gasteiger partial charge in [-0.1, -0.05) is 13.8 Å². The molecule has 1 N–H and O–H groups in total. The summed E-state index contributed by atoms with van der Waals surface area (Å²) in [6, 6.07) is 2.67. The highest BCUT2D eigenvalue weighted by atomic mass is 16.5. The van der Waals surface area contributed by atoms with Crippen LogP contribution < -0.4 is 0 Å². The number of aliphatic hydroxyl groups is 1. The Morgan fingerprint density at radius 3 is 2.78 bits per heavy atom. The molecule has 0 saturated carbocycles. The van der Waals surface area contributed by atoms with E-state index in [1.54, 1.807) is 0 Å². The lowest BCUT2D eigenvalue weighted by atomic mass is 9.75. The Kier molecular flexibility index (Phi) is 2.99. The zero-order chi connectivity index (χ0) is 12.8. The molecule has 1 saturated heterocycles. The minimum Gasteiger partial charge on any atom is -0.388 e. The number of hydrogen-bond acceptors (Lipinski definition) is 2. The van der Waals surface area contributed by atoms with Crippen molar-refractivity contribution < 1.29 is 9.84 Å². The molecule has 1 aliphatic carbocycles. The summed E-state index contributed by atoms with van der Waals surface area (Å²) in [6.07, 6.45) is 6.02. The van der Waals surface area contributed by atoms with Gasteiger partial charge in [0.15, 0.2) is 0 Å². The first-order valence-corrected chi connectivity index (χ1v) is 7.02. The van der Waals surface area contributed by atoms with Crippen LogP contribution in [-0.2, 0) is 11.2 Å². The lowest BCUT2D eigenvalue weighted by molar-refractivity contribution is 0.0656. The van der Waals surface area contributed by atoms with Crippen molar-refractivity contribution >= 4 is 0 Å². The van der Waals surface area contributed by atoms with Gasteiger partial charge in [0.2, 0.25) is 0 Å². The van der Waals surface area contributed by atoms with Crippen LogP contribution in [0.1, 0.15) is 56.5 Å². The second-order valence-corrected chi connectivity index (χ2v) is 6.53. The maximum atomic E-state index is 10.3. The van der Waals surface area contributed by atoms with Crippen molar-refractivity contribution in [3.8, 4) is 0 Å². The van der Waals surface area contributed by atoms with E-state index in [-0.39, 0.29) is 11.5 Å². The number of ether oxygens (including phenoxy) is 1. The molecule has 2 aliphatic rings. The molecule has 0 spiro atoms. The summed E-state index contributed by atoms with van der Waals surface area (Å²) in [7, 11) is 0. The first kappa shape index (κ1) is 12.2. The molecule has 1 unspecified atom stereocenters. The fraction of sp³-hybridized carbons (Fsp3) is 0.733. The predicted octanol–water partition coefficient (Wildman–Crippen LogP) is 2.85. The molecule has 1 aliphatic heterocycles. The van der Waals surface area contributed by atoms with E-state index in [1.165, 1.54) is 5.69 Å². The molecule has 3 rings (SSSR count). The van der Waals surface area contributed by atoms with E-state index in [0.717, 1.165) is 44.5 Å². The Morgan fingerprint density at radius 2 is 2.06 bits per heavy atom. The summed E-state index contributed by atoms with van der Waals surface area (Å²) in [4.78, 5) is 0. The van der Waals surface area contributed by atoms with Crippen molar-refractivity contribution in [3.05, 3.63) is 23.5 Å². The van der Waals surface area contributed by atoms with E-state index >= 15 is 0 Å². The van der Waals surface area contributed by atoms with Crippen molar-refractivity contribution in [2.75, 3.05) is 13.2 Å². The van der Waals surface area contributed by atoms with Crippen LogP contribution in [0.2, 0.25) is 0 Å². The van der Waals surface area contributed by atoms with Gasteiger partial charge in [-0.25, -0.2) is 0 Å². The number of aromatic nitrogens is 1. The second kappa shape index (κ2) is 4.39. The summed E-state index contributed by atoms with van der Waals surface area (Å²) in [5.41, 5.74) is 2.71. The van der Waals surface area contributed by atoms with Crippen molar-refractivity contribution in [1.82, 2.24) is 4.57 Å². The molecule has 100 valence electrons. The van der Waals surface area contributed by atoms with Crippen molar-refractivity contribution in [2.24, 2.45) is 5.41 Å². The Bertz CT molecular complexity index is 430. The molecule has 3 nitrogen and oxygen atoms in total. The normalized spacial score (nSPS) is 28.1. The molecule has 0 aromatic carbocycles. The Balaban J connectivity index is 1.93. The van der Waals surface area contributed by atoms with Gasteiger partial charge in [0, 0.05) is 36.7 Å². The van der Waals surface area contributed by atoms with Gasteiger partial charge >= 0.3 is 0 Å². The molecule has 1 fully saturated rings. The summed E-state index contributed by atoms with van der Waals surface area (Å²) in [6.45, 7) is 6.23. The lowest BCUT2D eigenvalue weighted by Gasteiger charge is -2.35. The minimum atomic E-state index is -0.287. The Morgan fingerprint density at radius 1 is 1.33 bits per heavy atom. The first-order valence-electron chi connectivity index (χ1n) is 7.02. The van der Waals surface area contributed by atoms with Crippen LogP contribution in [0.3, 0.4) is 0 Å². The first-order chi connectivity index (χ1) is 8.57. The van der Waals surface area contributed by atoms with Gasteiger partial charge in [0.1, 0.15) is 0 Å². The molecular formula is C15H23NO2. The second-order valence-electron chi connectivity index (χ2n) is 6.53. The third kappa shape index (κ3) is 2.10. The molecule has 1 atom stereocenters. The van der Waals surface area contributed by atoms with E-state index in [0.29, 0.717) is 6.04 Å². The van der Waals surface area contributed by atoms with Crippen LogP contribution in [0, 0.1) is 5.41 Å². The van der Waals surface area contributed by atoms with Crippen LogP contribution in [0.15, 0.2) is 12.3 Å². The van der Waals surface area contributed by atoms with Crippen LogP contribution in [0.4, 0.5) is 0 Å². The monoisotopic (exact) mass is 249 g/mol. The predicted molar refractivity (Wildman–Crippen MR) is 70.6 cm³/mol. The summed E-state index contributed by atoms with van der Waals surface area (Å²) < 4.78 is 7.85. The van der Waals surface area contributed by atoms with Crippen molar-refractivity contribution in [3.63, 3.8) is 0 Å². The fourth-order valence-corrected chi connectivity index (χ4v) is 3.46. The fourth-order valence-electron chi connectivity index (χ4n) is 3.46. The number of fused-ring (bicyclic) bond motifs is 1. The zero-order valence-corrected chi connectivity index (χ0v) is 11.4. The molecule has 1 aromatic heterocycles. The third-order valence-corrected chi connectivity index (χ3v) is 4.39. The topological polar surface area (TPSA) is 34.4 Å². The molecule has 0 radical (unpaired) electrons. The SMILES string of the molecule is CC1(C)Cc2c(ccn2C2CCOCC2)C(O)C1. The van der Waals surface area contributed by atoms with Gasteiger partial charge in [-0.15, -0.1) is 0 Å². The van der Waals surface area contributed by atoms with Gasteiger partial charge < -0.3 is 14.4 Å². The average molecular weight is 249 g/mol. The summed E-state index contributed by atoms with van der Waals surface area (Å²) >= 11 is 0. The van der Waals surface area contributed by atoms with Gasteiger partial charge in [-0.3, -0.25) is 0 Å². The van der Waals surface area contributed by atoms with E-state index < -0.39 is 0 Å². The maximum absolute atomic E-state index is 10.3. The quantitative estimate of drug-likeness (QED) is 0.830. The number of rotatable bonds is 1. The molecule has 2 heterocycles. The van der Waals surface area contributed by atoms with Crippen molar-refractivity contribution in [2.45, 2.75) is 51.7 Å². The largest absolute Gasteiger partial charge is 0.388 e. The van der Waals surface area contributed by atoms with E-state index in [4.69, 9.17) is 4.74 Å². The number of hydrogen-bond donors (Lipinski definition) is 1.